The lowest BCUT2D eigenvalue weighted by atomic mass is 10.2. The second kappa shape index (κ2) is 6.12. The summed E-state index contributed by atoms with van der Waals surface area (Å²) < 4.78 is 6.59. The number of carbonyl (C=O) groups excluding carboxylic acids is 2. The van der Waals surface area contributed by atoms with Crippen molar-refractivity contribution in [2.75, 3.05) is 26.2 Å². The average Bonchev–Trinajstić information content (AvgIpc) is 2.96. The van der Waals surface area contributed by atoms with Gasteiger partial charge in [-0.2, -0.15) is 0 Å². The number of hydrogen-bond donors (Lipinski definition) is 0. The third-order valence-electron chi connectivity index (χ3n) is 3.91. The highest BCUT2D eigenvalue weighted by Crippen LogP contribution is 2.24. The van der Waals surface area contributed by atoms with Crippen LogP contribution in [0.5, 0.6) is 0 Å². The van der Waals surface area contributed by atoms with E-state index in [2.05, 4.69) is 15.9 Å². The predicted octanol–water partition coefficient (Wildman–Crippen LogP) is 2.89. The number of halogens is 1. The molecule has 0 bridgehead atoms. The molecule has 2 aromatic rings. The summed E-state index contributed by atoms with van der Waals surface area (Å²) in [5.41, 5.74) is 0.700. The normalized spacial score (nSPS) is 15.4. The van der Waals surface area contributed by atoms with Gasteiger partial charge in [-0.3, -0.25) is 9.59 Å². The van der Waals surface area contributed by atoms with Crippen LogP contribution in [0, 0.1) is 0 Å². The van der Waals surface area contributed by atoms with Gasteiger partial charge in [0.25, 0.3) is 5.91 Å². The van der Waals surface area contributed by atoms with Gasteiger partial charge in [-0.15, -0.1) is 0 Å². The van der Waals surface area contributed by atoms with Gasteiger partial charge in [0, 0.05) is 42.5 Å². The van der Waals surface area contributed by atoms with E-state index in [9.17, 15) is 9.59 Å². The van der Waals surface area contributed by atoms with Crippen LogP contribution in [-0.4, -0.2) is 47.8 Å². The van der Waals surface area contributed by atoms with E-state index in [4.69, 9.17) is 4.42 Å². The first-order valence-electron chi connectivity index (χ1n) is 7.34. The second-order valence-corrected chi connectivity index (χ2v) is 6.24. The first-order chi connectivity index (χ1) is 10.6. The molecule has 2 heterocycles. The number of carbonyl (C=O) groups is 2. The molecule has 0 radical (unpaired) electrons. The van der Waals surface area contributed by atoms with Crippen molar-refractivity contribution >= 4 is 38.7 Å². The van der Waals surface area contributed by atoms with Gasteiger partial charge in [-0.25, -0.2) is 0 Å². The molecular formula is C16H17BrN2O3. The van der Waals surface area contributed by atoms with Gasteiger partial charge in [0.05, 0.1) is 0 Å². The quantitative estimate of drug-likeness (QED) is 0.823. The second-order valence-electron chi connectivity index (χ2n) is 5.32. The summed E-state index contributed by atoms with van der Waals surface area (Å²) in [6.45, 7) is 4.12. The molecule has 1 aromatic heterocycles. The number of nitrogens with zero attached hydrogens (tertiary/aromatic N) is 2. The van der Waals surface area contributed by atoms with Crippen LogP contribution in [0.15, 0.2) is 33.2 Å². The summed E-state index contributed by atoms with van der Waals surface area (Å²) in [7, 11) is 0. The van der Waals surface area contributed by atoms with Crippen molar-refractivity contribution in [3.05, 3.63) is 34.5 Å². The van der Waals surface area contributed by atoms with Crippen molar-refractivity contribution in [3.8, 4) is 0 Å². The minimum Gasteiger partial charge on any atom is -0.451 e. The van der Waals surface area contributed by atoms with Crippen LogP contribution in [0.3, 0.4) is 0 Å². The lowest BCUT2D eigenvalue weighted by Gasteiger charge is -2.34. The van der Waals surface area contributed by atoms with Crippen molar-refractivity contribution < 1.29 is 14.0 Å². The van der Waals surface area contributed by atoms with Crippen LogP contribution in [0.1, 0.15) is 23.9 Å². The Morgan fingerprint density at radius 2 is 1.82 bits per heavy atom. The maximum Gasteiger partial charge on any atom is 0.289 e. The fraction of sp³-hybridized carbons (Fsp3) is 0.375. The topological polar surface area (TPSA) is 53.8 Å². The number of benzene rings is 1. The highest BCUT2D eigenvalue weighted by Gasteiger charge is 2.26. The standard InChI is InChI=1S/C16H17BrN2O3/c1-2-15(20)18-5-7-19(8-6-18)16(21)14-10-11-9-12(17)3-4-13(11)22-14/h3-4,9-10H,2,5-8H2,1H3. The Hall–Kier alpha value is -1.82. The first kappa shape index (κ1) is 15.1. The van der Waals surface area contributed by atoms with E-state index in [0.717, 1.165) is 9.86 Å². The Labute approximate surface area is 137 Å². The number of rotatable bonds is 2. The monoisotopic (exact) mass is 364 g/mol. The van der Waals surface area contributed by atoms with Crippen molar-refractivity contribution in [3.63, 3.8) is 0 Å². The number of hydrogen-bond acceptors (Lipinski definition) is 3. The summed E-state index contributed by atoms with van der Waals surface area (Å²) in [4.78, 5) is 27.7. The van der Waals surface area contributed by atoms with Crippen LogP contribution in [0.2, 0.25) is 0 Å². The Kier molecular flexibility index (Phi) is 4.20. The molecular weight excluding hydrogens is 348 g/mol. The van der Waals surface area contributed by atoms with Gasteiger partial charge >= 0.3 is 0 Å². The fourth-order valence-corrected chi connectivity index (χ4v) is 3.04. The number of fused-ring (bicyclic) bond motifs is 1. The van der Waals surface area contributed by atoms with Crippen molar-refractivity contribution in [2.45, 2.75) is 13.3 Å². The molecule has 5 nitrogen and oxygen atoms in total. The highest BCUT2D eigenvalue weighted by atomic mass is 79.9. The van der Waals surface area contributed by atoms with E-state index in [-0.39, 0.29) is 11.8 Å². The Balaban J connectivity index is 1.72. The smallest absolute Gasteiger partial charge is 0.289 e. The molecule has 1 fully saturated rings. The number of piperazine rings is 1. The molecule has 1 aliphatic heterocycles. The summed E-state index contributed by atoms with van der Waals surface area (Å²) in [5.74, 6) is 0.375. The van der Waals surface area contributed by atoms with Crippen molar-refractivity contribution in [1.82, 2.24) is 9.80 Å². The molecule has 0 saturated carbocycles. The van der Waals surface area contributed by atoms with Gasteiger partial charge in [0.2, 0.25) is 5.91 Å². The van der Waals surface area contributed by atoms with Crippen LogP contribution < -0.4 is 0 Å². The minimum atomic E-state index is -0.115. The molecule has 1 aliphatic rings. The zero-order chi connectivity index (χ0) is 15.7. The number of amides is 2. The summed E-state index contributed by atoms with van der Waals surface area (Å²) >= 11 is 3.41. The van der Waals surface area contributed by atoms with E-state index in [0.29, 0.717) is 43.9 Å². The maximum atomic E-state index is 12.5. The van der Waals surface area contributed by atoms with Gasteiger partial charge in [-0.1, -0.05) is 22.9 Å². The van der Waals surface area contributed by atoms with E-state index < -0.39 is 0 Å². The molecule has 1 aromatic carbocycles. The van der Waals surface area contributed by atoms with E-state index in [1.165, 1.54) is 0 Å². The SMILES string of the molecule is CCC(=O)N1CCN(C(=O)c2cc3cc(Br)ccc3o2)CC1. The van der Waals surface area contributed by atoms with E-state index >= 15 is 0 Å². The number of furan rings is 1. The zero-order valence-electron chi connectivity index (χ0n) is 12.3. The molecule has 0 N–H and O–H groups in total. The molecule has 2 amide bonds. The summed E-state index contributed by atoms with van der Waals surface area (Å²) in [6.07, 6.45) is 0.506. The van der Waals surface area contributed by atoms with Gasteiger partial charge in [0.15, 0.2) is 5.76 Å². The molecule has 116 valence electrons. The van der Waals surface area contributed by atoms with Crippen LogP contribution in [-0.2, 0) is 4.79 Å². The van der Waals surface area contributed by atoms with E-state index in [1.807, 2.05) is 25.1 Å². The lowest BCUT2D eigenvalue weighted by Crippen LogP contribution is -2.50. The van der Waals surface area contributed by atoms with E-state index in [1.54, 1.807) is 15.9 Å². The predicted molar refractivity (Wildman–Crippen MR) is 86.7 cm³/mol. The fourth-order valence-electron chi connectivity index (χ4n) is 2.66. The van der Waals surface area contributed by atoms with Crippen LogP contribution in [0.25, 0.3) is 11.0 Å². The van der Waals surface area contributed by atoms with Crippen LogP contribution >= 0.6 is 15.9 Å². The molecule has 3 rings (SSSR count). The molecule has 0 atom stereocenters. The summed E-state index contributed by atoms with van der Waals surface area (Å²) in [6, 6.07) is 7.42. The lowest BCUT2D eigenvalue weighted by molar-refractivity contribution is -0.132. The molecule has 22 heavy (non-hydrogen) atoms. The first-order valence-corrected chi connectivity index (χ1v) is 8.14. The van der Waals surface area contributed by atoms with Gasteiger partial charge in [0.1, 0.15) is 5.58 Å². The van der Waals surface area contributed by atoms with Crippen molar-refractivity contribution in [1.29, 1.82) is 0 Å². The van der Waals surface area contributed by atoms with Crippen molar-refractivity contribution in [2.24, 2.45) is 0 Å². The zero-order valence-corrected chi connectivity index (χ0v) is 13.9. The van der Waals surface area contributed by atoms with Crippen LogP contribution in [0.4, 0.5) is 0 Å². The minimum absolute atomic E-state index is 0.115. The third-order valence-corrected chi connectivity index (χ3v) is 4.40. The molecule has 0 unspecified atom stereocenters. The maximum absolute atomic E-state index is 12.5. The largest absolute Gasteiger partial charge is 0.451 e. The third kappa shape index (κ3) is 2.88. The van der Waals surface area contributed by atoms with Gasteiger partial charge in [-0.05, 0) is 24.3 Å². The molecule has 6 heteroatoms. The molecule has 0 spiro atoms. The Morgan fingerprint density at radius 1 is 1.14 bits per heavy atom. The summed E-state index contributed by atoms with van der Waals surface area (Å²) in [5, 5.41) is 0.900. The molecule has 1 saturated heterocycles. The Bertz CT molecular complexity index is 717. The average molecular weight is 365 g/mol. The Morgan fingerprint density at radius 3 is 2.50 bits per heavy atom. The molecule has 0 aliphatic carbocycles. The highest BCUT2D eigenvalue weighted by molar-refractivity contribution is 9.10. The van der Waals surface area contributed by atoms with Gasteiger partial charge < -0.3 is 14.2 Å².